The number of esters is 1. The number of carbonyl (C=O) groups is 2. The molecule has 0 radical (unpaired) electrons. The van der Waals surface area contributed by atoms with Gasteiger partial charge in [-0.1, -0.05) is 60.7 Å². The summed E-state index contributed by atoms with van der Waals surface area (Å²) in [6, 6.07) is 20.5. The van der Waals surface area contributed by atoms with Crippen LogP contribution < -0.4 is 0 Å². The first-order chi connectivity index (χ1) is 14.2. The fraction of sp³-hybridized carbons (Fsp3) is 0.417. The molecule has 29 heavy (non-hydrogen) atoms. The van der Waals surface area contributed by atoms with E-state index in [1.54, 1.807) is 0 Å². The molecule has 0 atom stereocenters. The fourth-order valence-corrected chi connectivity index (χ4v) is 3.87. The summed E-state index contributed by atoms with van der Waals surface area (Å²) in [5.74, 6) is 0.0185. The van der Waals surface area contributed by atoms with Gasteiger partial charge in [0, 0.05) is 38.5 Å². The van der Waals surface area contributed by atoms with Gasteiger partial charge in [0.1, 0.15) is 0 Å². The van der Waals surface area contributed by atoms with Gasteiger partial charge in [-0.3, -0.25) is 14.5 Å². The molecule has 5 heteroatoms. The third-order valence-electron chi connectivity index (χ3n) is 5.38. The molecule has 1 aliphatic heterocycles. The van der Waals surface area contributed by atoms with Crippen molar-refractivity contribution >= 4 is 11.9 Å². The Kier molecular flexibility index (Phi) is 7.82. The lowest BCUT2D eigenvalue weighted by Crippen LogP contribution is -2.37. The van der Waals surface area contributed by atoms with Crippen molar-refractivity contribution in [3.8, 4) is 0 Å². The zero-order valence-electron chi connectivity index (χ0n) is 17.1. The normalized spacial score (nSPS) is 15.2. The van der Waals surface area contributed by atoms with E-state index in [1.807, 2.05) is 48.2 Å². The van der Waals surface area contributed by atoms with Gasteiger partial charge in [0.25, 0.3) is 0 Å². The number of hydrogen-bond acceptors (Lipinski definition) is 4. The summed E-state index contributed by atoms with van der Waals surface area (Å²) < 4.78 is 5.05. The lowest BCUT2D eigenvalue weighted by atomic mass is 9.88. The van der Waals surface area contributed by atoms with E-state index >= 15 is 0 Å². The van der Waals surface area contributed by atoms with Gasteiger partial charge in [0.2, 0.25) is 5.91 Å². The molecule has 2 aromatic carbocycles. The second-order valence-electron chi connectivity index (χ2n) is 7.39. The predicted molar refractivity (Wildman–Crippen MR) is 114 cm³/mol. The molecule has 1 fully saturated rings. The highest BCUT2D eigenvalue weighted by Crippen LogP contribution is 2.28. The second-order valence-corrected chi connectivity index (χ2v) is 7.39. The van der Waals surface area contributed by atoms with E-state index in [9.17, 15) is 9.59 Å². The molecule has 1 aliphatic rings. The molecule has 0 aromatic heterocycles. The molecule has 0 bridgehead atoms. The Bertz CT molecular complexity index is 740. The van der Waals surface area contributed by atoms with Gasteiger partial charge in [-0.15, -0.1) is 0 Å². The van der Waals surface area contributed by atoms with Gasteiger partial charge >= 0.3 is 5.97 Å². The molecule has 3 rings (SSSR count). The van der Waals surface area contributed by atoms with Gasteiger partial charge in [0.05, 0.1) is 13.2 Å². The van der Waals surface area contributed by atoms with Crippen LogP contribution in [0.25, 0.3) is 0 Å². The van der Waals surface area contributed by atoms with Gasteiger partial charge in [-0.05, 0) is 24.5 Å². The van der Waals surface area contributed by atoms with Crippen molar-refractivity contribution in [1.82, 2.24) is 9.80 Å². The molecule has 1 amide bonds. The number of nitrogens with zero attached hydrogens (tertiary/aromatic N) is 2. The Morgan fingerprint density at radius 2 is 1.52 bits per heavy atom. The van der Waals surface area contributed by atoms with E-state index in [0.717, 1.165) is 30.6 Å². The fourth-order valence-electron chi connectivity index (χ4n) is 3.87. The topological polar surface area (TPSA) is 49.9 Å². The minimum Gasteiger partial charge on any atom is -0.465 e. The Balaban J connectivity index is 1.65. The quantitative estimate of drug-likeness (QED) is 0.676. The summed E-state index contributed by atoms with van der Waals surface area (Å²) >= 11 is 0. The van der Waals surface area contributed by atoms with Crippen molar-refractivity contribution < 1.29 is 14.3 Å². The Morgan fingerprint density at radius 1 is 0.897 bits per heavy atom. The molecule has 0 unspecified atom stereocenters. The number of rotatable bonds is 7. The molecule has 0 N–H and O–H groups in total. The maximum atomic E-state index is 13.2. The number of hydrogen-bond donors (Lipinski definition) is 0. The van der Waals surface area contributed by atoms with Crippen LogP contribution in [0.2, 0.25) is 0 Å². The molecule has 0 spiro atoms. The summed E-state index contributed by atoms with van der Waals surface area (Å²) in [6.07, 6.45) is 1.32. The van der Waals surface area contributed by atoms with Crippen LogP contribution in [-0.2, 0) is 14.3 Å². The summed E-state index contributed by atoms with van der Waals surface area (Å²) in [7, 11) is 0. The molecule has 0 saturated carbocycles. The van der Waals surface area contributed by atoms with Gasteiger partial charge in [0.15, 0.2) is 0 Å². The average molecular weight is 395 g/mol. The first-order valence-corrected chi connectivity index (χ1v) is 10.4. The number of carbonyl (C=O) groups excluding carboxylic acids is 2. The molecular weight excluding hydrogens is 364 g/mol. The monoisotopic (exact) mass is 394 g/mol. The highest BCUT2D eigenvalue weighted by molar-refractivity contribution is 5.78. The van der Waals surface area contributed by atoms with Crippen LogP contribution in [0.3, 0.4) is 0 Å². The van der Waals surface area contributed by atoms with E-state index in [2.05, 4.69) is 29.2 Å². The van der Waals surface area contributed by atoms with E-state index in [0.29, 0.717) is 32.7 Å². The third kappa shape index (κ3) is 6.16. The number of ether oxygens (including phenoxy) is 1. The van der Waals surface area contributed by atoms with Crippen molar-refractivity contribution in [3.63, 3.8) is 0 Å². The van der Waals surface area contributed by atoms with Crippen LogP contribution in [-0.4, -0.2) is 61.0 Å². The van der Waals surface area contributed by atoms with Crippen LogP contribution in [0.5, 0.6) is 0 Å². The number of amides is 1. The van der Waals surface area contributed by atoms with Crippen LogP contribution in [0, 0.1) is 0 Å². The zero-order chi connectivity index (χ0) is 20.5. The first-order valence-electron chi connectivity index (χ1n) is 10.4. The molecule has 5 nitrogen and oxygen atoms in total. The smallest absolute Gasteiger partial charge is 0.320 e. The summed E-state index contributed by atoms with van der Waals surface area (Å²) in [6.45, 7) is 5.40. The largest absolute Gasteiger partial charge is 0.465 e. The minimum atomic E-state index is -0.194. The predicted octanol–water partition coefficient (Wildman–Crippen LogP) is 3.31. The molecule has 1 saturated heterocycles. The van der Waals surface area contributed by atoms with Gasteiger partial charge in [-0.25, -0.2) is 0 Å². The summed E-state index contributed by atoms with van der Waals surface area (Å²) in [5, 5.41) is 0. The van der Waals surface area contributed by atoms with E-state index < -0.39 is 0 Å². The van der Waals surface area contributed by atoms with E-state index in [1.165, 1.54) is 0 Å². The molecule has 2 aromatic rings. The van der Waals surface area contributed by atoms with Crippen molar-refractivity contribution in [2.24, 2.45) is 0 Å². The van der Waals surface area contributed by atoms with Crippen LogP contribution in [0.15, 0.2) is 60.7 Å². The average Bonchev–Trinajstić information content (AvgIpc) is 2.99. The van der Waals surface area contributed by atoms with Crippen molar-refractivity contribution in [1.29, 1.82) is 0 Å². The first kappa shape index (κ1) is 21.1. The maximum absolute atomic E-state index is 13.2. The molecular formula is C24H30N2O3. The maximum Gasteiger partial charge on any atom is 0.320 e. The van der Waals surface area contributed by atoms with Crippen LogP contribution in [0.4, 0.5) is 0 Å². The highest BCUT2D eigenvalue weighted by Gasteiger charge is 2.24. The Labute approximate surface area is 173 Å². The van der Waals surface area contributed by atoms with E-state index in [4.69, 9.17) is 4.74 Å². The van der Waals surface area contributed by atoms with E-state index in [-0.39, 0.29) is 17.8 Å². The lowest BCUT2D eigenvalue weighted by Gasteiger charge is -2.25. The van der Waals surface area contributed by atoms with Crippen molar-refractivity contribution in [2.75, 3.05) is 39.3 Å². The minimum absolute atomic E-state index is 0.0452. The SMILES string of the molecule is CCOC(=O)CN1CCCN(C(=O)CC(c2ccccc2)c2ccccc2)CC1. The highest BCUT2D eigenvalue weighted by atomic mass is 16.5. The van der Waals surface area contributed by atoms with Gasteiger partial charge in [-0.2, -0.15) is 0 Å². The standard InChI is InChI=1S/C24H30N2O3/c1-2-29-24(28)19-25-14-9-15-26(17-16-25)23(27)18-22(20-10-5-3-6-11-20)21-12-7-4-8-13-21/h3-8,10-13,22H,2,9,14-19H2,1H3. The molecule has 0 aliphatic carbocycles. The zero-order valence-corrected chi connectivity index (χ0v) is 17.1. The van der Waals surface area contributed by atoms with Crippen LogP contribution in [0.1, 0.15) is 36.8 Å². The Morgan fingerprint density at radius 3 is 2.10 bits per heavy atom. The number of benzene rings is 2. The van der Waals surface area contributed by atoms with Gasteiger partial charge < -0.3 is 9.64 Å². The van der Waals surface area contributed by atoms with Crippen molar-refractivity contribution in [3.05, 3.63) is 71.8 Å². The molecule has 154 valence electrons. The Hall–Kier alpha value is -2.66. The van der Waals surface area contributed by atoms with Crippen molar-refractivity contribution in [2.45, 2.75) is 25.7 Å². The summed E-state index contributed by atoms with van der Waals surface area (Å²) in [4.78, 5) is 28.9. The summed E-state index contributed by atoms with van der Waals surface area (Å²) in [5.41, 5.74) is 2.32. The second kappa shape index (κ2) is 10.8. The third-order valence-corrected chi connectivity index (χ3v) is 5.38. The molecule has 1 heterocycles. The van der Waals surface area contributed by atoms with Crippen LogP contribution >= 0.6 is 0 Å². The lowest BCUT2D eigenvalue weighted by molar-refractivity contribution is -0.144.